The molecule has 0 radical (unpaired) electrons. The number of thioether (sulfide) groups is 1. The molecule has 2 atom stereocenters. The summed E-state index contributed by atoms with van der Waals surface area (Å²) in [6.45, 7) is 5.18. The first kappa shape index (κ1) is 14.2. The second kappa shape index (κ2) is 6.37. The van der Waals surface area contributed by atoms with Crippen molar-refractivity contribution in [2.75, 3.05) is 38.2 Å². The largest absolute Gasteiger partial charge is 0.493 e. The Morgan fingerprint density at radius 1 is 1.50 bits per heavy atom. The van der Waals surface area contributed by atoms with E-state index in [1.165, 1.54) is 29.2 Å². The lowest BCUT2D eigenvalue weighted by Crippen LogP contribution is -2.47. The van der Waals surface area contributed by atoms with Crippen molar-refractivity contribution in [2.24, 2.45) is 0 Å². The molecule has 20 heavy (non-hydrogen) atoms. The van der Waals surface area contributed by atoms with Crippen LogP contribution in [0.25, 0.3) is 0 Å². The summed E-state index contributed by atoms with van der Waals surface area (Å²) in [5.41, 5.74) is 2.72. The van der Waals surface area contributed by atoms with Crippen LogP contribution in [0.2, 0.25) is 0 Å². The fourth-order valence-corrected chi connectivity index (χ4v) is 4.49. The molecule has 2 aliphatic heterocycles. The van der Waals surface area contributed by atoms with Gasteiger partial charge < -0.3 is 10.1 Å². The maximum atomic E-state index is 5.92. The van der Waals surface area contributed by atoms with E-state index in [9.17, 15) is 0 Å². The van der Waals surface area contributed by atoms with Gasteiger partial charge in [-0.1, -0.05) is 25.1 Å². The molecule has 2 heterocycles. The Morgan fingerprint density at radius 2 is 2.40 bits per heavy atom. The van der Waals surface area contributed by atoms with E-state index in [-0.39, 0.29) is 0 Å². The number of ether oxygens (including phenoxy) is 1. The number of hydrogen-bond donors (Lipinski definition) is 1. The average Bonchev–Trinajstić information content (AvgIpc) is 2.94. The van der Waals surface area contributed by atoms with E-state index >= 15 is 0 Å². The second-order valence-electron chi connectivity index (χ2n) is 5.59. The highest BCUT2D eigenvalue weighted by molar-refractivity contribution is 7.99. The molecule has 4 heteroatoms. The molecule has 1 saturated heterocycles. The number of nitrogens with zero attached hydrogens (tertiary/aromatic N) is 1. The van der Waals surface area contributed by atoms with Crippen molar-refractivity contribution in [2.45, 2.75) is 25.4 Å². The van der Waals surface area contributed by atoms with Crippen LogP contribution in [-0.4, -0.2) is 49.2 Å². The zero-order valence-corrected chi connectivity index (χ0v) is 13.2. The van der Waals surface area contributed by atoms with Crippen LogP contribution in [0.15, 0.2) is 18.2 Å². The van der Waals surface area contributed by atoms with Gasteiger partial charge in [-0.05, 0) is 19.2 Å². The summed E-state index contributed by atoms with van der Waals surface area (Å²) in [7, 11) is 2.25. The molecule has 2 aliphatic rings. The lowest BCUT2D eigenvalue weighted by molar-refractivity contribution is 0.214. The van der Waals surface area contributed by atoms with Crippen molar-refractivity contribution in [3.05, 3.63) is 29.3 Å². The molecule has 1 aromatic carbocycles. The lowest BCUT2D eigenvalue weighted by atomic mass is 9.96. The molecule has 0 amide bonds. The molecule has 110 valence electrons. The number of hydrogen-bond acceptors (Lipinski definition) is 4. The predicted octanol–water partition coefficient (Wildman–Crippen LogP) is 2.32. The summed E-state index contributed by atoms with van der Waals surface area (Å²) in [6.07, 6.45) is 1.05. The highest BCUT2D eigenvalue weighted by atomic mass is 32.2. The molecule has 0 bridgehead atoms. The third-order valence-electron chi connectivity index (χ3n) is 4.33. The molecular weight excluding hydrogens is 268 g/mol. The molecular formula is C16H24N2OS. The maximum absolute atomic E-state index is 5.92. The van der Waals surface area contributed by atoms with E-state index in [2.05, 4.69) is 54.1 Å². The van der Waals surface area contributed by atoms with Crippen LogP contribution in [0.5, 0.6) is 5.75 Å². The standard InChI is InChI=1S/C16H24N2OS/c1-3-17-15(14-11-20-10-8-18(14)2)13-6-4-5-12-7-9-19-16(12)13/h4-6,14-15,17H,3,7-11H2,1-2H3. The number of rotatable bonds is 4. The molecule has 3 nitrogen and oxygen atoms in total. The Labute approximate surface area is 126 Å². The van der Waals surface area contributed by atoms with Gasteiger partial charge >= 0.3 is 0 Å². The van der Waals surface area contributed by atoms with Crippen LogP contribution in [-0.2, 0) is 6.42 Å². The molecule has 0 saturated carbocycles. The first-order valence-electron chi connectivity index (χ1n) is 7.57. The van der Waals surface area contributed by atoms with Gasteiger partial charge in [0.1, 0.15) is 5.75 Å². The number of benzene rings is 1. The van der Waals surface area contributed by atoms with Gasteiger partial charge in [-0.15, -0.1) is 0 Å². The van der Waals surface area contributed by atoms with Gasteiger partial charge in [0.2, 0.25) is 0 Å². The Kier molecular flexibility index (Phi) is 4.54. The molecule has 2 unspecified atom stereocenters. The van der Waals surface area contributed by atoms with Gasteiger partial charge in [-0.2, -0.15) is 11.8 Å². The molecule has 0 aliphatic carbocycles. The predicted molar refractivity (Wildman–Crippen MR) is 85.8 cm³/mol. The SMILES string of the molecule is CCNC(c1cccc2c1OCC2)C1CSCCN1C. The van der Waals surface area contributed by atoms with Crippen LogP contribution >= 0.6 is 11.8 Å². The van der Waals surface area contributed by atoms with Crippen LogP contribution in [0.3, 0.4) is 0 Å². The van der Waals surface area contributed by atoms with Crippen molar-refractivity contribution in [3.63, 3.8) is 0 Å². The molecule has 1 fully saturated rings. The minimum Gasteiger partial charge on any atom is -0.493 e. The third-order valence-corrected chi connectivity index (χ3v) is 5.38. The quantitative estimate of drug-likeness (QED) is 0.920. The minimum atomic E-state index is 0.367. The summed E-state index contributed by atoms with van der Waals surface area (Å²) in [4.78, 5) is 2.50. The van der Waals surface area contributed by atoms with Crippen LogP contribution in [0.1, 0.15) is 24.1 Å². The van der Waals surface area contributed by atoms with Crippen molar-refractivity contribution < 1.29 is 4.74 Å². The first-order valence-corrected chi connectivity index (χ1v) is 8.72. The van der Waals surface area contributed by atoms with Gasteiger partial charge in [0.15, 0.2) is 0 Å². The summed E-state index contributed by atoms with van der Waals surface area (Å²) < 4.78 is 5.92. The van der Waals surface area contributed by atoms with Crippen molar-refractivity contribution in [1.82, 2.24) is 10.2 Å². The van der Waals surface area contributed by atoms with E-state index in [0.717, 1.165) is 25.3 Å². The fourth-order valence-electron chi connectivity index (χ4n) is 3.22. The van der Waals surface area contributed by atoms with Crippen LogP contribution in [0, 0.1) is 0 Å². The Hall–Kier alpha value is -0.710. The zero-order chi connectivity index (χ0) is 13.9. The normalized spacial score (nSPS) is 24.2. The molecule has 1 aromatic rings. The summed E-state index contributed by atoms with van der Waals surface area (Å²) >= 11 is 2.07. The van der Waals surface area contributed by atoms with E-state index < -0.39 is 0 Å². The first-order chi connectivity index (χ1) is 9.81. The molecule has 3 rings (SSSR count). The second-order valence-corrected chi connectivity index (χ2v) is 6.74. The zero-order valence-electron chi connectivity index (χ0n) is 12.4. The van der Waals surface area contributed by atoms with Crippen LogP contribution in [0.4, 0.5) is 0 Å². The van der Waals surface area contributed by atoms with Gasteiger partial charge in [-0.25, -0.2) is 0 Å². The molecule has 1 N–H and O–H groups in total. The van der Waals surface area contributed by atoms with Crippen molar-refractivity contribution in [3.8, 4) is 5.75 Å². The average molecular weight is 292 g/mol. The molecule has 0 aromatic heterocycles. The number of fused-ring (bicyclic) bond motifs is 1. The minimum absolute atomic E-state index is 0.367. The Balaban J connectivity index is 1.92. The fraction of sp³-hybridized carbons (Fsp3) is 0.625. The monoisotopic (exact) mass is 292 g/mol. The smallest absolute Gasteiger partial charge is 0.127 e. The topological polar surface area (TPSA) is 24.5 Å². The van der Waals surface area contributed by atoms with Crippen LogP contribution < -0.4 is 10.1 Å². The summed E-state index contributed by atoms with van der Waals surface area (Å²) in [5.74, 6) is 3.58. The number of nitrogens with one attached hydrogen (secondary N) is 1. The number of para-hydroxylation sites is 1. The third kappa shape index (κ3) is 2.69. The highest BCUT2D eigenvalue weighted by Crippen LogP contribution is 2.37. The Bertz CT molecular complexity index is 466. The van der Waals surface area contributed by atoms with Gasteiger partial charge in [0, 0.05) is 36.1 Å². The highest BCUT2D eigenvalue weighted by Gasteiger charge is 2.32. The number of likely N-dealkylation sites (N-methyl/N-ethyl adjacent to an activating group) is 2. The van der Waals surface area contributed by atoms with E-state index in [0.29, 0.717) is 12.1 Å². The Morgan fingerprint density at radius 3 is 3.20 bits per heavy atom. The molecule has 0 spiro atoms. The van der Waals surface area contributed by atoms with Gasteiger partial charge in [0.25, 0.3) is 0 Å². The van der Waals surface area contributed by atoms with Crippen molar-refractivity contribution >= 4 is 11.8 Å². The van der Waals surface area contributed by atoms with Gasteiger partial charge in [0.05, 0.1) is 12.6 Å². The van der Waals surface area contributed by atoms with Gasteiger partial charge in [-0.3, -0.25) is 4.90 Å². The van der Waals surface area contributed by atoms with E-state index in [1.807, 2.05) is 0 Å². The summed E-state index contributed by atoms with van der Waals surface area (Å²) in [6, 6.07) is 7.54. The van der Waals surface area contributed by atoms with E-state index in [4.69, 9.17) is 4.74 Å². The van der Waals surface area contributed by atoms with Crippen molar-refractivity contribution in [1.29, 1.82) is 0 Å². The lowest BCUT2D eigenvalue weighted by Gasteiger charge is -2.38. The summed E-state index contributed by atoms with van der Waals surface area (Å²) in [5, 5.41) is 3.69. The van der Waals surface area contributed by atoms with E-state index in [1.54, 1.807) is 0 Å². The maximum Gasteiger partial charge on any atom is 0.127 e.